The number of ether oxygens (including phenoxy) is 1. The van der Waals surface area contributed by atoms with Crippen LogP contribution in [0.3, 0.4) is 0 Å². The molecule has 46 heavy (non-hydrogen) atoms. The molecule has 2 N–H and O–H groups in total. The van der Waals surface area contributed by atoms with Gasteiger partial charge in [0.05, 0.1) is 25.0 Å². The van der Waals surface area contributed by atoms with Crippen molar-refractivity contribution in [2.24, 2.45) is 0 Å². The van der Waals surface area contributed by atoms with E-state index < -0.39 is 53.7 Å². The van der Waals surface area contributed by atoms with E-state index in [1.54, 1.807) is 0 Å². The summed E-state index contributed by atoms with van der Waals surface area (Å²) < 4.78 is 70.4. The summed E-state index contributed by atoms with van der Waals surface area (Å²) in [6.45, 7) is -0.889. The van der Waals surface area contributed by atoms with Gasteiger partial charge in [0.1, 0.15) is 24.6 Å². The Balaban J connectivity index is 1.56. The van der Waals surface area contributed by atoms with Crippen LogP contribution in [-0.4, -0.2) is 89.3 Å². The summed E-state index contributed by atoms with van der Waals surface area (Å²) in [6, 6.07) is 8.30. The van der Waals surface area contributed by atoms with Crippen molar-refractivity contribution in [1.29, 1.82) is 0 Å². The second-order valence-corrected chi connectivity index (χ2v) is 10.7. The minimum atomic E-state index is -4.60. The molecule has 0 aliphatic carbocycles. The van der Waals surface area contributed by atoms with Crippen molar-refractivity contribution in [1.82, 2.24) is 30.5 Å². The molecule has 0 aromatic heterocycles. The SMILES string of the molecule is CN1CC(=O)N2[C@@H](CCCNC(=O)OC/C=C/F)C(=O)N(Cc3cccc(C(F)(F)F)c3)C[C@@H]2N1C(=O)NCc1ccc(F)cc1. The molecule has 2 aliphatic heterocycles. The molecule has 248 valence electrons. The zero-order chi connectivity index (χ0) is 33.4. The van der Waals surface area contributed by atoms with Crippen molar-refractivity contribution in [2.45, 2.75) is 44.3 Å². The normalized spacial score (nSPS) is 19.0. The third kappa shape index (κ3) is 8.50. The van der Waals surface area contributed by atoms with E-state index in [1.807, 2.05) is 0 Å². The first-order chi connectivity index (χ1) is 21.9. The van der Waals surface area contributed by atoms with Gasteiger partial charge in [0.25, 0.3) is 0 Å². The fourth-order valence-corrected chi connectivity index (χ4v) is 5.35. The average Bonchev–Trinajstić information content (AvgIpc) is 3.00. The van der Waals surface area contributed by atoms with Gasteiger partial charge in [-0.3, -0.25) is 9.59 Å². The average molecular weight is 653 g/mol. The maximum absolute atomic E-state index is 13.8. The first kappa shape index (κ1) is 34.1. The van der Waals surface area contributed by atoms with E-state index in [0.29, 0.717) is 5.56 Å². The highest BCUT2D eigenvalue weighted by molar-refractivity contribution is 5.91. The highest BCUT2D eigenvalue weighted by Gasteiger charge is 2.50. The van der Waals surface area contributed by atoms with Crippen molar-refractivity contribution in [3.63, 3.8) is 0 Å². The van der Waals surface area contributed by atoms with Gasteiger partial charge in [-0.25, -0.2) is 28.4 Å². The number of rotatable bonds is 10. The second-order valence-electron chi connectivity index (χ2n) is 10.7. The van der Waals surface area contributed by atoms with Crippen LogP contribution in [0.4, 0.5) is 31.5 Å². The molecule has 0 saturated carbocycles. The summed E-state index contributed by atoms with van der Waals surface area (Å²) in [6.07, 6.45) is -5.00. The van der Waals surface area contributed by atoms with Gasteiger partial charge in [-0.15, -0.1) is 0 Å². The number of amides is 5. The van der Waals surface area contributed by atoms with Gasteiger partial charge >= 0.3 is 18.3 Å². The van der Waals surface area contributed by atoms with Crippen LogP contribution in [0.2, 0.25) is 0 Å². The Morgan fingerprint density at radius 3 is 2.50 bits per heavy atom. The number of benzene rings is 2. The lowest BCUT2D eigenvalue weighted by molar-refractivity contribution is -0.188. The van der Waals surface area contributed by atoms with Gasteiger partial charge in [-0.1, -0.05) is 24.3 Å². The van der Waals surface area contributed by atoms with Gasteiger partial charge in [0.15, 0.2) is 0 Å². The molecule has 2 atom stereocenters. The predicted molar refractivity (Wildman–Crippen MR) is 153 cm³/mol. The predicted octanol–water partition coefficient (Wildman–Crippen LogP) is 3.77. The molecule has 0 radical (unpaired) electrons. The lowest BCUT2D eigenvalue weighted by atomic mass is 10.0. The summed E-state index contributed by atoms with van der Waals surface area (Å²) in [5.74, 6) is -1.42. The van der Waals surface area contributed by atoms with Crippen LogP contribution in [0.1, 0.15) is 29.5 Å². The van der Waals surface area contributed by atoms with E-state index >= 15 is 0 Å². The van der Waals surface area contributed by atoms with Gasteiger partial charge in [-0.2, -0.15) is 13.2 Å². The third-order valence-electron chi connectivity index (χ3n) is 7.46. The number of alkyl carbamates (subject to hydrolysis) is 1. The first-order valence-electron chi connectivity index (χ1n) is 14.3. The maximum Gasteiger partial charge on any atom is 0.416 e. The minimum Gasteiger partial charge on any atom is -0.445 e. The zero-order valence-corrected chi connectivity index (χ0v) is 24.8. The van der Waals surface area contributed by atoms with Gasteiger partial charge in [-0.05, 0) is 54.3 Å². The molecule has 11 nitrogen and oxygen atoms in total. The van der Waals surface area contributed by atoms with E-state index in [1.165, 1.54) is 63.3 Å². The van der Waals surface area contributed by atoms with Crippen molar-refractivity contribution in [2.75, 3.05) is 33.3 Å². The van der Waals surface area contributed by atoms with Crippen LogP contribution in [0.15, 0.2) is 60.9 Å². The lowest BCUT2D eigenvalue weighted by Crippen LogP contribution is -2.75. The van der Waals surface area contributed by atoms with Crippen LogP contribution in [0.5, 0.6) is 0 Å². The maximum atomic E-state index is 13.8. The smallest absolute Gasteiger partial charge is 0.416 e. The Bertz CT molecular complexity index is 1440. The Labute approximate surface area is 261 Å². The summed E-state index contributed by atoms with van der Waals surface area (Å²) in [5, 5.41) is 7.86. The summed E-state index contributed by atoms with van der Waals surface area (Å²) in [7, 11) is 1.52. The number of nitrogens with one attached hydrogen (secondary N) is 2. The fourth-order valence-electron chi connectivity index (χ4n) is 5.35. The molecule has 2 aliphatic rings. The van der Waals surface area contributed by atoms with Gasteiger partial charge in [0.2, 0.25) is 11.8 Å². The molecule has 4 rings (SSSR count). The van der Waals surface area contributed by atoms with Crippen molar-refractivity contribution >= 4 is 23.9 Å². The molecule has 2 fully saturated rings. The van der Waals surface area contributed by atoms with Crippen LogP contribution < -0.4 is 10.6 Å². The quantitative estimate of drug-likeness (QED) is 0.299. The van der Waals surface area contributed by atoms with E-state index in [2.05, 4.69) is 10.6 Å². The number of carbonyl (C=O) groups is 4. The Morgan fingerprint density at radius 1 is 1.07 bits per heavy atom. The van der Waals surface area contributed by atoms with Crippen LogP contribution in [0, 0.1) is 5.82 Å². The molecule has 5 amide bonds. The molecule has 2 aromatic carbocycles. The van der Waals surface area contributed by atoms with E-state index in [4.69, 9.17) is 4.74 Å². The molecular formula is C30H33F5N6O5. The van der Waals surface area contributed by atoms with Gasteiger partial charge in [0, 0.05) is 26.7 Å². The first-order valence-corrected chi connectivity index (χ1v) is 14.3. The van der Waals surface area contributed by atoms with Crippen molar-refractivity contribution < 1.29 is 45.9 Å². The van der Waals surface area contributed by atoms with Crippen LogP contribution in [0.25, 0.3) is 0 Å². The number of halogens is 5. The molecule has 0 spiro atoms. The van der Waals surface area contributed by atoms with E-state index in [0.717, 1.165) is 18.2 Å². The van der Waals surface area contributed by atoms with Gasteiger partial charge < -0.3 is 25.2 Å². The molecule has 0 unspecified atom stereocenters. The zero-order valence-electron chi connectivity index (χ0n) is 24.8. The Kier molecular flexibility index (Phi) is 11.2. The monoisotopic (exact) mass is 652 g/mol. The number of piperazine rings is 1. The third-order valence-corrected chi connectivity index (χ3v) is 7.46. The minimum absolute atomic E-state index is 0.0311. The highest BCUT2D eigenvalue weighted by atomic mass is 19.4. The Hall–Kier alpha value is -4.73. The number of likely N-dealkylation sites (N-methyl/N-ethyl adjacent to an activating group) is 1. The highest BCUT2D eigenvalue weighted by Crippen LogP contribution is 2.32. The topological polar surface area (TPSA) is 115 Å². The molecule has 16 heteroatoms. The number of carbonyl (C=O) groups excluding carboxylic acids is 4. The summed E-state index contributed by atoms with van der Waals surface area (Å²) in [5.41, 5.74) is -0.0798. The standard InChI is InChI=1S/C30H33F5N6O5/c1-38-19-26(42)40-24(7-3-13-36-29(45)46-14-4-12-31)27(43)39(17-21-5-2-6-22(15-21)30(33,34)35)18-25(40)41(38)28(44)37-16-20-8-10-23(32)11-9-20/h2,4-6,8-12,15,24-25H,3,7,13-14,16-19H2,1H3,(H,36,45)(H,37,44)/b12-4+/t24-,25-/m0/s1. The molecular weight excluding hydrogens is 619 g/mol. The number of hydrogen-bond donors (Lipinski definition) is 2. The Morgan fingerprint density at radius 2 is 1.80 bits per heavy atom. The molecule has 0 bridgehead atoms. The molecule has 2 aromatic rings. The summed E-state index contributed by atoms with van der Waals surface area (Å²) >= 11 is 0. The fraction of sp³-hybridized carbons (Fsp3) is 0.400. The second kappa shape index (κ2) is 15.0. The van der Waals surface area contributed by atoms with Crippen molar-refractivity contribution in [3.05, 3.63) is 83.4 Å². The number of hydrazine groups is 1. The molecule has 2 saturated heterocycles. The summed E-state index contributed by atoms with van der Waals surface area (Å²) in [4.78, 5) is 55.1. The van der Waals surface area contributed by atoms with E-state index in [9.17, 15) is 41.1 Å². The van der Waals surface area contributed by atoms with Crippen LogP contribution in [-0.2, 0) is 33.6 Å². The number of urea groups is 1. The lowest BCUT2D eigenvalue weighted by Gasteiger charge is -2.54. The van der Waals surface area contributed by atoms with E-state index in [-0.39, 0.29) is 64.1 Å². The molecule has 2 heterocycles. The van der Waals surface area contributed by atoms with Crippen molar-refractivity contribution in [3.8, 4) is 0 Å². The number of fused-ring (bicyclic) bond motifs is 1. The number of nitrogens with zero attached hydrogens (tertiary/aromatic N) is 4. The van der Waals surface area contributed by atoms with Crippen LogP contribution >= 0.6 is 0 Å². The number of alkyl halides is 3. The largest absolute Gasteiger partial charge is 0.445 e. The number of hydrogen-bond acceptors (Lipinski definition) is 6.